The van der Waals surface area contributed by atoms with Crippen LogP contribution in [-0.2, 0) is 16.0 Å². The molecule has 2 rings (SSSR count). The number of aryl methyl sites for hydroxylation is 1. The van der Waals surface area contributed by atoms with Crippen molar-refractivity contribution in [1.29, 1.82) is 0 Å². The summed E-state index contributed by atoms with van der Waals surface area (Å²) in [5, 5.41) is 6.29. The van der Waals surface area contributed by atoms with Crippen LogP contribution in [0.4, 0.5) is 0 Å². The number of nitrogens with one attached hydrogen (secondary N) is 2. The van der Waals surface area contributed by atoms with Crippen LogP contribution in [0.1, 0.15) is 30.4 Å². The molecule has 1 fully saturated rings. The van der Waals surface area contributed by atoms with Gasteiger partial charge in [-0.05, 0) is 50.4 Å². The first kappa shape index (κ1) is 16.0. The first-order valence-corrected chi connectivity index (χ1v) is 7.89. The summed E-state index contributed by atoms with van der Waals surface area (Å²) < 4.78 is 5.81. The summed E-state index contributed by atoms with van der Waals surface area (Å²) in [5.74, 6) is 0.0890. The smallest absolute Gasteiger partial charge is 0.224 e. The van der Waals surface area contributed by atoms with Crippen LogP contribution in [0.15, 0.2) is 24.3 Å². The number of carbonyl (C=O) groups excluding carboxylic acids is 1. The predicted octanol–water partition coefficient (Wildman–Crippen LogP) is 1.81. The molecule has 1 heterocycles. The molecule has 0 spiro atoms. The fourth-order valence-electron chi connectivity index (χ4n) is 2.56. The number of hydrogen-bond donors (Lipinski definition) is 2. The van der Waals surface area contributed by atoms with Crippen molar-refractivity contribution in [2.45, 2.75) is 38.7 Å². The van der Waals surface area contributed by atoms with E-state index >= 15 is 0 Å². The summed E-state index contributed by atoms with van der Waals surface area (Å²) >= 11 is 0. The number of ether oxygens (including phenoxy) is 1. The highest BCUT2D eigenvalue weighted by Crippen LogP contribution is 2.08. The molecule has 0 aromatic heterocycles. The van der Waals surface area contributed by atoms with E-state index in [0.29, 0.717) is 19.1 Å². The zero-order valence-electron chi connectivity index (χ0n) is 12.9. The van der Waals surface area contributed by atoms with Crippen molar-refractivity contribution in [3.8, 4) is 0 Å². The summed E-state index contributed by atoms with van der Waals surface area (Å²) in [4.78, 5) is 11.9. The monoisotopic (exact) mass is 290 g/mol. The van der Waals surface area contributed by atoms with Gasteiger partial charge < -0.3 is 15.4 Å². The molecule has 1 aromatic rings. The molecule has 116 valence electrons. The maximum Gasteiger partial charge on any atom is 0.224 e. The molecular formula is C17H26N2O2. The minimum atomic E-state index is 0.0890. The summed E-state index contributed by atoms with van der Waals surface area (Å²) in [6.07, 6.45) is 3.93. The molecule has 1 saturated heterocycles. The van der Waals surface area contributed by atoms with Crippen molar-refractivity contribution in [2.24, 2.45) is 0 Å². The Morgan fingerprint density at radius 1 is 1.33 bits per heavy atom. The molecular weight excluding hydrogens is 264 g/mol. The van der Waals surface area contributed by atoms with Gasteiger partial charge >= 0.3 is 0 Å². The molecule has 4 heteroatoms. The fraction of sp³-hybridized carbons (Fsp3) is 0.588. The van der Waals surface area contributed by atoms with Crippen molar-refractivity contribution in [3.63, 3.8) is 0 Å². The molecule has 1 aliphatic heterocycles. The summed E-state index contributed by atoms with van der Waals surface area (Å²) in [6.45, 7) is 5.57. The van der Waals surface area contributed by atoms with Crippen LogP contribution in [0.3, 0.4) is 0 Å². The van der Waals surface area contributed by atoms with Gasteiger partial charge in [0.05, 0.1) is 12.5 Å². The Morgan fingerprint density at radius 3 is 2.86 bits per heavy atom. The highest BCUT2D eigenvalue weighted by Gasteiger charge is 2.12. The summed E-state index contributed by atoms with van der Waals surface area (Å²) in [5.41, 5.74) is 2.27. The lowest BCUT2D eigenvalue weighted by Gasteiger charge is -2.22. The van der Waals surface area contributed by atoms with Crippen LogP contribution in [-0.4, -0.2) is 38.3 Å². The highest BCUT2D eigenvalue weighted by atomic mass is 16.5. The van der Waals surface area contributed by atoms with Gasteiger partial charge in [0.1, 0.15) is 0 Å². The topological polar surface area (TPSA) is 50.4 Å². The van der Waals surface area contributed by atoms with Gasteiger partial charge in [-0.2, -0.15) is 0 Å². The van der Waals surface area contributed by atoms with Gasteiger partial charge in [0.25, 0.3) is 0 Å². The maximum absolute atomic E-state index is 11.9. The molecule has 0 aliphatic carbocycles. The van der Waals surface area contributed by atoms with Gasteiger partial charge in [0.15, 0.2) is 0 Å². The molecule has 1 aliphatic rings. The van der Waals surface area contributed by atoms with Crippen LogP contribution < -0.4 is 10.6 Å². The Balaban J connectivity index is 1.56. The van der Waals surface area contributed by atoms with E-state index in [0.717, 1.165) is 44.5 Å². The zero-order valence-corrected chi connectivity index (χ0v) is 12.9. The van der Waals surface area contributed by atoms with Crippen molar-refractivity contribution in [1.82, 2.24) is 10.6 Å². The first-order chi connectivity index (χ1) is 10.3. The first-order valence-electron chi connectivity index (χ1n) is 7.89. The lowest BCUT2D eigenvalue weighted by molar-refractivity contribution is -0.120. The van der Waals surface area contributed by atoms with Crippen LogP contribution >= 0.6 is 0 Å². The SMILES string of the molecule is Cc1ccccc1CC(=O)NCCCOC1CCNCC1. The third-order valence-corrected chi connectivity index (χ3v) is 3.90. The van der Waals surface area contributed by atoms with Gasteiger partial charge in [0.2, 0.25) is 5.91 Å². The Bertz CT molecular complexity index is 442. The number of amides is 1. The fourth-order valence-corrected chi connectivity index (χ4v) is 2.56. The lowest BCUT2D eigenvalue weighted by Crippen LogP contribution is -2.33. The third-order valence-electron chi connectivity index (χ3n) is 3.90. The van der Waals surface area contributed by atoms with E-state index in [4.69, 9.17) is 4.74 Å². The maximum atomic E-state index is 11.9. The van der Waals surface area contributed by atoms with E-state index in [1.165, 1.54) is 5.56 Å². The number of hydrogen-bond acceptors (Lipinski definition) is 3. The van der Waals surface area contributed by atoms with Crippen LogP contribution in [0.2, 0.25) is 0 Å². The minimum absolute atomic E-state index is 0.0890. The Kier molecular flexibility index (Phi) is 6.70. The molecule has 0 unspecified atom stereocenters. The molecule has 0 atom stereocenters. The number of benzene rings is 1. The van der Waals surface area contributed by atoms with E-state index in [-0.39, 0.29) is 5.91 Å². The van der Waals surface area contributed by atoms with Crippen molar-refractivity contribution in [2.75, 3.05) is 26.2 Å². The van der Waals surface area contributed by atoms with E-state index in [2.05, 4.69) is 10.6 Å². The molecule has 0 radical (unpaired) electrons. The van der Waals surface area contributed by atoms with E-state index in [9.17, 15) is 4.79 Å². The minimum Gasteiger partial charge on any atom is -0.378 e. The van der Waals surface area contributed by atoms with Gasteiger partial charge in [-0.1, -0.05) is 24.3 Å². The second-order valence-corrected chi connectivity index (χ2v) is 5.63. The number of rotatable bonds is 7. The lowest BCUT2D eigenvalue weighted by atomic mass is 10.1. The van der Waals surface area contributed by atoms with Gasteiger partial charge in [-0.3, -0.25) is 4.79 Å². The Labute approximate surface area is 127 Å². The van der Waals surface area contributed by atoms with Gasteiger partial charge in [0, 0.05) is 13.2 Å². The Hall–Kier alpha value is -1.39. The van der Waals surface area contributed by atoms with E-state index in [1.807, 2.05) is 31.2 Å². The molecule has 4 nitrogen and oxygen atoms in total. The zero-order chi connectivity index (χ0) is 14.9. The molecule has 0 bridgehead atoms. The number of carbonyl (C=O) groups is 1. The van der Waals surface area contributed by atoms with Crippen molar-refractivity contribution >= 4 is 5.91 Å². The highest BCUT2D eigenvalue weighted by molar-refractivity contribution is 5.78. The van der Waals surface area contributed by atoms with Crippen LogP contribution in [0.25, 0.3) is 0 Å². The predicted molar refractivity (Wildman–Crippen MR) is 84.4 cm³/mol. The average Bonchev–Trinajstić information content (AvgIpc) is 2.50. The molecule has 0 saturated carbocycles. The van der Waals surface area contributed by atoms with Crippen molar-refractivity contribution in [3.05, 3.63) is 35.4 Å². The number of piperidine rings is 1. The largest absolute Gasteiger partial charge is 0.378 e. The second kappa shape index (κ2) is 8.80. The molecule has 1 amide bonds. The van der Waals surface area contributed by atoms with Crippen molar-refractivity contribution < 1.29 is 9.53 Å². The standard InChI is InChI=1S/C17H26N2O2/c1-14-5-2-3-6-15(14)13-17(20)19-9-4-12-21-16-7-10-18-11-8-16/h2-3,5-6,16,18H,4,7-13H2,1H3,(H,19,20). The summed E-state index contributed by atoms with van der Waals surface area (Å²) in [6, 6.07) is 8.02. The second-order valence-electron chi connectivity index (χ2n) is 5.63. The Morgan fingerprint density at radius 2 is 2.10 bits per heavy atom. The van der Waals surface area contributed by atoms with Gasteiger partial charge in [-0.25, -0.2) is 0 Å². The van der Waals surface area contributed by atoms with E-state index in [1.54, 1.807) is 0 Å². The third kappa shape index (κ3) is 5.86. The molecule has 2 N–H and O–H groups in total. The molecule has 21 heavy (non-hydrogen) atoms. The van der Waals surface area contributed by atoms with Gasteiger partial charge in [-0.15, -0.1) is 0 Å². The normalized spacial score (nSPS) is 15.9. The summed E-state index contributed by atoms with van der Waals surface area (Å²) in [7, 11) is 0. The molecule has 1 aromatic carbocycles. The quantitative estimate of drug-likeness (QED) is 0.753. The van der Waals surface area contributed by atoms with Crippen LogP contribution in [0, 0.1) is 6.92 Å². The average molecular weight is 290 g/mol. The van der Waals surface area contributed by atoms with Crippen LogP contribution in [0.5, 0.6) is 0 Å². The van der Waals surface area contributed by atoms with E-state index < -0.39 is 0 Å².